The molecule has 0 bridgehead atoms. The summed E-state index contributed by atoms with van der Waals surface area (Å²) in [4.78, 5) is 0. The Bertz CT molecular complexity index is 2760. The van der Waals surface area contributed by atoms with Crippen LogP contribution in [-0.4, -0.2) is 4.57 Å². The molecule has 0 fully saturated rings. The van der Waals surface area contributed by atoms with Gasteiger partial charge in [-0.3, -0.25) is 0 Å². The summed E-state index contributed by atoms with van der Waals surface area (Å²) in [6, 6.07) is 55.8. The summed E-state index contributed by atoms with van der Waals surface area (Å²) in [6.45, 7) is 0. The van der Waals surface area contributed by atoms with Crippen molar-refractivity contribution in [2.75, 3.05) is 0 Å². The zero-order valence-corrected chi connectivity index (χ0v) is 25.8. The standard InChI is InChI=1S/C42H25NS2/c1-2-14-31(15-3-1)43-36-18-7-6-16-34(36)42-41(43)40-32(17-9-19-37(40)45-42)30-13-8-12-26(22-30)29-20-21-33-35-23-27-10-4-5-11-28(27)24-39(35)44-38(33)25-29/h1-25H. The molecule has 10 rings (SSSR count). The van der Waals surface area contributed by atoms with Crippen molar-refractivity contribution in [3.05, 3.63) is 152 Å². The van der Waals surface area contributed by atoms with Crippen molar-refractivity contribution in [1.82, 2.24) is 4.57 Å². The maximum Gasteiger partial charge on any atom is 0.0734 e. The molecule has 7 aromatic carbocycles. The van der Waals surface area contributed by atoms with Crippen LogP contribution in [0.3, 0.4) is 0 Å². The van der Waals surface area contributed by atoms with E-state index in [0.717, 1.165) is 0 Å². The normalized spacial score (nSPS) is 12.0. The lowest BCUT2D eigenvalue weighted by molar-refractivity contribution is 1.19. The van der Waals surface area contributed by atoms with E-state index in [2.05, 4.69) is 156 Å². The van der Waals surface area contributed by atoms with Crippen LogP contribution in [0, 0.1) is 0 Å². The molecule has 0 amide bonds. The Morgan fingerprint density at radius 3 is 2.07 bits per heavy atom. The Labute approximate surface area is 267 Å². The van der Waals surface area contributed by atoms with Crippen LogP contribution < -0.4 is 0 Å². The van der Waals surface area contributed by atoms with Gasteiger partial charge in [-0.2, -0.15) is 0 Å². The van der Waals surface area contributed by atoms with Gasteiger partial charge in [-0.15, -0.1) is 22.7 Å². The molecule has 210 valence electrons. The number of benzene rings is 7. The van der Waals surface area contributed by atoms with E-state index in [4.69, 9.17) is 0 Å². The summed E-state index contributed by atoms with van der Waals surface area (Å²) in [7, 11) is 0. The van der Waals surface area contributed by atoms with Crippen LogP contribution in [0.1, 0.15) is 0 Å². The van der Waals surface area contributed by atoms with E-state index in [0.29, 0.717) is 0 Å². The number of fused-ring (bicyclic) bond motifs is 9. The highest BCUT2D eigenvalue weighted by molar-refractivity contribution is 7.27. The second-order valence-electron chi connectivity index (χ2n) is 11.7. The minimum atomic E-state index is 1.19. The highest BCUT2D eigenvalue weighted by Gasteiger charge is 2.20. The molecule has 0 aliphatic heterocycles. The first-order chi connectivity index (χ1) is 22.3. The van der Waals surface area contributed by atoms with Crippen molar-refractivity contribution in [2.45, 2.75) is 0 Å². The van der Waals surface area contributed by atoms with Gasteiger partial charge in [0, 0.05) is 41.3 Å². The summed E-state index contributed by atoms with van der Waals surface area (Å²) >= 11 is 3.79. The van der Waals surface area contributed by atoms with Gasteiger partial charge in [0.25, 0.3) is 0 Å². The third-order valence-electron chi connectivity index (χ3n) is 9.16. The van der Waals surface area contributed by atoms with Gasteiger partial charge in [0.1, 0.15) is 0 Å². The van der Waals surface area contributed by atoms with Gasteiger partial charge in [0.2, 0.25) is 0 Å². The van der Waals surface area contributed by atoms with Crippen molar-refractivity contribution in [1.29, 1.82) is 0 Å². The third kappa shape index (κ3) is 3.78. The smallest absolute Gasteiger partial charge is 0.0734 e. The average Bonchev–Trinajstić information content (AvgIpc) is 3.75. The predicted octanol–water partition coefficient (Wildman–Crippen LogP) is 12.9. The fourth-order valence-corrected chi connectivity index (χ4v) is 9.53. The predicted molar refractivity (Wildman–Crippen MR) is 197 cm³/mol. The molecule has 0 saturated carbocycles. The van der Waals surface area contributed by atoms with Crippen LogP contribution in [-0.2, 0) is 0 Å². The SMILES string of the molecule is c1ccc(-n2c3ccccc3c3sc4cccc(-c5cccc(-c6ccc7c(c6)sc6cc8ccccc8cc67)c5)c4c32)cc1. The molecular formula is C42H25NS2. The van der Waals surface area contributed by atoms with Crippen LogP contribution in [0.5, 0.6) is 0 Å². The maximum atomic E-state index is 2.45. The Hall–Kier alpha value is -5.22. The first kappa shape index (κ1) is 25.1. The molecule has 0 aliphatic rings. The van der Waals surface area contributed by atoms with Crippen molar-refractivity contribution < 1.29 is 0 Å². The fourth-order valence-electron chi connectivity index (χ4n) is 7.10. The molecule has 3 heteroatoms. The van der Waals surface area contributed by atoms with Gasteiger partial charge >= 0.3 is 0 Å². The minimum absolute atomic E-state index is 1.19. The van der Waals surface area contributed by atoms with E-state index < -0.39 is 0 Å². The van der Waals surface area contributed by atoms with Gasteiger partial charge in [-0.1, -0.05) is 103 Å². The highest BCUT2D eigenvalue weighted by Crippen LogP contribution is 2.46. The molecule has 3 aromatic heterocycles. The van der Waals surface area contributed by atoms with E-state index in [1.807, 2.05) is 22.7 Å². The molecule has 0 atom stereocenters. The molecular weight excluding hydrogens is 583 g/mol. The van der Waals surface area contributed by atoms with Crippen molar-refractivity contribution in [3.8, 4) is 27.9 Å². The number of para-hydroxylation sites is 2. The van der Waals surface area contributed by atoms with Crippen molar-refractivity contribution >= 4 is 84.8 Å². The number of hydrogen-bond donors (Lipinski definition) is 0. The van der Waals surface area contributed by atoms with Gasteiger partial charge in [-0.05, 0) is 81.6 Å². The Morgan fingerprint density at radius 1 is 0.422 bits per heavy atom. The molecule has 0 saturated heterocycles. The van der Waals surface area contributed by atoms with Gasteiger partial charge in [-0.25, -0.2) is 0 Å². The lowest BCUT2D eigenvalue weighted by Crippen LogP contribution is -1.93. The summed E-state index contributed by atoms with van der Waals surface area (Å²) in [6.07, 6.45) is 0. The molecule has 0 radical (unpaired) electrons. The number of hydrogen-bond acceptors (Lipinski definition) is 2. The van der Waals surface area contributed by atoms with Crippen LogP contribution in [0.2, 0.25) is 0 Å². The zero-order chi connectivity index (χ0) is 29.5. The maximum absolute atomic E-state index is 2.45. The molecule has 0 aliphatic carbocycles. The minimum Gasteiger partial charge on any atom is -0.308 e. The van der Waals surface area contributed by atoms with Gasteiger partial charge in [0.15, 0.2) is 0 Å². The summed E-state index contributed by atoms with van der Waals surface area (Å²) in [5.41, 5.74) is 8.74. The first-order valence-electron chi connectivity index (χ1n) is 15.3. The van der Waals surface area contributed by atoms with Crippen LogP contribution in [0.25, 0.3) is 90.1 Å². The second-order valence-corrected chi connectivity index (χ2v) is 13.9. The molecule has 10 aromatic rings. The molecule has 0 N–H and O–H groups in total. The number of aromatic nitrogens is 1. The molecule has 0 unspecified atom stereocenters. The van der Waals surface area contributed by atoms with Crippen LogP contribution >= 0.6 is 22.7 Å². The molecule has 45 heavy (non-hydrogen) atoms. The summed E-state index contributed by atoms with van der Waals surface area (Å²) in [5.74, 6) is 0. The molecule has 3 heterocycles. The topological polar surface area (TPSA) is 4.93 Å². The quantitative estimate of drug-likeness (QED) is 0.188. The van der Waals surface area contributed by atoms with E-state index in [-0.39, 0.29) is 0 Å². The monoisotopic (exact) mass is 607 g/mol. The zero-order valence-electron chi connectivity index (χ0n) is 24.2. The van der Waals surface area contributed by atoms with E-state index in [1.165, 1.54) is 90.1 Å². The average molecular weight is 608 g/mol. The second kappa shape index (κ2) is 9.64. The van der Waals surface area contributed by atoms with Gasteiger partial charge in [0.05, 0.1) is 15.7 Å². The molecule has 0 spiro atoms. The fraction of sp³-hybridized carbons (Fsp3) is 0. The van der Waals surface area contributed by atoms with Crippen LogP contribution in [0.4, 0.5) is 0 Å². The summed E-state index contributed by atoms with van der Waals surface area (Å²) in [5, 5.41) is 7.90. The lowest BCUT2D eigenvalue weighted by atomic mass is 9.96. The Kier molecular flexibility index (Phi) is 5.39. The van der Waals surface area contributed by atoms with Gasteiger partial charge < -0.3 is 4.57 Å². The molecule has 1 nitrogen and oxygen atoms in total. The Balaban J connectivity index is 1.17. The first-order valence-corrected chi connectivity index (χ1v) is 16.9. The number of thiophene rings is 2. The van der Waals surface area contributed by atoms with Crippen LogP contribution in [0.15, 0.2) is 152 Å². The number of nitrogens with zero attached hydrogens (tertiary/aromatic N) is 1. The van der Waals surface area contributed by atoms with E-state index in [9.17, 15) is 0 Å². The third-order valence-corrected chi connectivity index (χ3v) is 11.5. The Morgan fingerprint density at radius 2 is 1.16 bits per heavy atom. The van der Waals surface area contributed by atoms with Crippen molar-refractivity contribution in [3.63, 3.8) is 0 Å². The van der Waals surface area contributed by atoms with E-state index >= 15 is 0 Å². The highest BCUT2D eigenvalue weighted by atomic mass is 32.1. The van der Waals surface area contributed by atoms with Crippen molar-refractivity contribution in [2.24, 2.45) is 0 Å². The van der Waals surface area contributed by atoms with E-state index in [1.54, 1.807) is 0 Å². The number of rotatable bonds is 3. The summed E-state index contributed by atoms with van der Waals surface area (Å²) < 4.78 is 7.79. The lowest BCUT2D eigenvalue weighted by Gasteiger charge is -2.11. The largest absolute Gasteiger partial charge is 0.308 e.